The van der Waals surface area contributed by atoms with Gasteiger partial charge in [0.2, 0.25) is 0 Å². The number of H-pyrrole nitrogens is 1. The second kappa shape index (κ2) is 3.28. The van der Waals surface area contributed by atoms with E-state index >= 15 is 0 Å². The van der Waals surface area contributed by atoms with Gasteiger partial charge in [-0.2, -0.15) is 0 Å². The molecule has 0 amide bonds. The van der Waals surface area contributed by atoms with Crippen molar-refractivity contribution >= 4 is 16.9 Å². The largest absolute Gasteiger partial charge is 0.370 e. The first kappa shape index (κ1) is 10.00. The molecule has 1 aromatic heterocycles. The van der Waals surface area contributed by atoms with E-state index in [0.717, 1.165) is 13.0 Å². The fraction of sp³-hybridized carbons (Fsp3) is 0.357. The number of likely N-dealkylation sites (N-methyl/N-ethyl adjacent to an activating group) is 1. The number of hydrogen-bond donors (Lipinski definition) is 2. The lowest BCUT2D eigenvalue weighted by molar-refractivity contribution is 0.287. The van der Waals surface area contributed by atoms with Crippen molar-refractivity contribution in [2.75, 3.05) is 13.6 Å². The summed E-state index contributed by atoms with van der Waals surface area (Å²) in [6.07, 6.45) is 3.19. The Morgan fingerprint density at radius 2 is 2.33 bits per heavy atom. The van der Waals surface area contributed by atoms with Crippen molar-refractivity contribution < 1.29 is 0 Å². The number of nitrogens with zero attached hydrogens (tertiary/aromatic N) is 2. The minimum atomic E-state index is 0.441. The highest BCUT2D eigenvalue weighted by molar-refractivity contribution is 5.89. The number of nitrogens with one attached hydrogen (secondary N) is 1. The van der Waals surface area contributed by atoms with Gasteiger partial charge in [-0.05, 0) is 23.6 Å². The Morgan fingerprint density at radius 1 is 1.44 bits per heavy atom. The molecule has 1 aliphatic heterocycles. The Morgan fingerprint density at radius 3 is 3.22 bits per heavy atom. The summed E-state index contributed by atoms with van der Waals surface area (Å²) in [6, 6.07) is 6.95. The summed E-state index contributed by atoms with van der Waals surface area (Å²) < 4.78 is 0. The molecule has 0 radical (unpaired) electrons. The van der Waals surface area contributed by atoms with Gasteiger partial charge in [0.25, 0.3) is 0 Å². The third-order valence-corrected chi connectivity index (χ3v) is 4.42. The van der Waals surface area contributed by atoms with Crippen LogP contribution in [0.25, 0.3) is 10.9 Å². The lowest BCUT2D eigenvalue weighted by Crippen LogP contribution is -2.51. The van der Waals surface area contributed by atoms with Crippen LogP contribution in [-0.4, -0.2) is 35.5 Å². The zero-order valence-electron chi connectivity index (χ0n) is 10.4. The Kier molecular flexibility index (Phi) is 1.82. The summed E-state index contributed by atoms with van der Waals surface area (Å²) in [5.74, 6) is 1.14. The summed E-state index contributed by atoms with van der Waals surface area (Å²) in [6.45, 7) is 0.810. The molecule has 2 atom stereocenters. The van der Waals surface area contributed by atoms with Gasteiger partial charge >= 0.3 is 0 Å². The smallest absolute Gasteiger partial charge is 0.191 e. The molecule has 2 aliphatic rings. The Hall–Kier alpha value is -1.97. The van der Waals surface area contributed by atoms with E-state index in [1.165, 1.54) is 22.0 Å². The average molecular weight is 240 g/mol. The molecule has 4 rings (SSSR count). The first-order chi connectivity index (χ1) is 8.75. The highest BCUT2D eigenvalue weighted by Crippen LogP contribution is 2.39. The van der Waals surface area contributed by atoms with Gasteiger partial charge in [0.15, 0.2) is 5.96 Å². The maximum atomic E-state index is 5.95. The van der Waals surface area contributed by atoms with Crippen LogP contribution in [0.2, 0.25) is 0 Å². The number of aliphatic imine (C=N–C) groups is 1. The summed E-state index contributed by atoms with van der Waals surface area (Å²) in [4.78, 5) is 9.95. The van der Waals surface area contributed by atoms with Gasteiger partial charge in [-0.1, -0.05) is 12.1 Å². The highest BCUT2D eigenvalue weighted by atomic mass is 15.3. The Balaban J connectivity index is 1.95. The van der Waals surface area contributed by atoms with Crippen LogP contribution in [0.5, 0.6) is 0 Å². The monoisotopic (exact) mass is 240 g/mol. The molecule has 0 fully saturated rings. The van der Waals surface area contributed by atoms with Crippen LogP contribution < -0.4 is 5.73 Å². The highest BCUT2D eigenvalue weighted by Gasteiger charge is 2.36. The predicted octanol–water partition coefficient (Wildman–Crippen LogP) is 1.44. The first-order valence-corrected chi connectivity index (χ1v) is 6.37. The molecule has 0 spiro atoms. The van der Waals surface area contributed by atoms with Crippen molar-refractivity contribution in [2.45, 2.75) is 18.4 Å². The standard InChI is InChI=1S/C14H16N4/c1-18-12-5-8-6-16-11-4-2-3-9(13(8)11)10(12)7-17-14(18)15/h2-4,6,10,12,16H,5,7H2,1H3,(H2,15,17)/t10-,12-/m1/s1. The van der Waals surface area contributed by atoms with Crippen molar-refractivity contribution in [3.8, 4) is 0 Å². The minimum Gasteiger partial charge on any atom is -0.370 e. The SMILES string of the molecule is CN1C(N)=NC[C@@H]2c3cccc4[nH]cc(c34)C[C@H]21. The lowest BCUT2D eigenvalue weighted by Gasteiger charge is -2.41. The van der Waals surface area contributed by atoms with E-state index in [1.807, 2.05) is 7.05 Å². The van der Waals surface area contributed by atoms with Crippen molar-refractivity contribution in [1.82, 2.24) is 9.88 Å². The Labute approximate surface area is 105 Å². The zero-order chi connectivity index (χ0) is 12.3. The number of fused-ring (bicyclic) bond motifs is 2. The quantitative estimate of drug-likeness (QED) is 0.732. The van der Waals surface area contributed by atoms with E-state index in [9.17, 15) is 0 Å². The van der Waals surface area contributed by atoms with Crippen LogP contribution in [0.4, 0.5) is 0 Å². The van der Waals surface area contributed by atoms with Crippen molar-refractivity contribution in [1.29, 1.82) is 0 Å². The topological polar surface area (TPSA) is 57.4 Å². The second-order valence-electron chi connectivity index (χ2n) is 5.27. The first-order valence-electron chi connectivity index (χ1n) is 6.37. The normalized spacial score (nSPS) is 26.1. The molecule has 4 heteroatoms. The molecule has 92 valence electrons. The van der Waals surface area contributed by atoms with E-state index < -0.39 is 0 Å². The van der Waals surface area contributed by atoms with Crippen molar-refractivity contribution in [3.05, 3.63) is 35.5 Å². The van der Waals surface area contributed by atoms with Crippen molar-refractivity contribution in [3.63, 3.8) is 0 Å². The summed E-state index contributed by atoms with van der Waals surface area (Å²) in [5, 5.41) is 1.41. The number of guanidine groups is 1. The van der Waals surface area contributed by atoms with Crippen LogP contribution in [0, 0.1) is 0 Å². The molecule has 1 aliphatic carbocycles. The molecular weight excluding hydrogens is 224 g/mol. The van der Waals surface area contributed by atoms with E-state index in [0.29, 0.717) is 17.9 Å². The fourth-order valence-electron chi connectivity index (χ4n) is 3.43. The van der Waals surface area contributed by atoms with Gasteiger partial charge in [0, 0.05) is 36.1 Å². The zero-order valence-corrected chi connectivity index (χ0v) is 10.4. The van der Waals surface area contributed by atoms with E-state index in [4.69, 9.17) is 5.73 Å². The summed E-state index contributed by atoms with van der Waals surface area (Å²) in [7, 11) is 2.05. The average Bonchev–Trinajstić information content (AvgIpc) is 2.80. The maximum absolute atomic E-state index is 5.95. The van der Waals surface area contributed by atoms with Crippen LogP contribution in [0.15, 0.2) is 29.4 Å². The molecule has 2 aromatic rings. The second-order valence-corrected chi connectivity index (χ2v) is 5.27. The molecule has 0 unspecified atom stereocenters. The molecule has 1 aromatic carbocycles. The predicted molar refractivity (Wildman–Crippen MR) is 72.8 cm³/mol. The molecule has 0 saturated heterocycles. The summed E-state index contributed by atoms with van der Waals surface area (Å²) in [5.41, 5.74) is 10.0. The molecule has 18 heavy (non-hydrogen) atoms. The van der Waals surface area contributed by atoms with E-state index in [1.54, 1.807) is 0 Å². The van der Waals surface area contributed by atoms with Gasteiger partial charge in [0.1, 0.15) is 0 Å². The number of hydrogen-bond acceptors (Lipinski definition) is 3. The van der Waals surface area contributed by atoms with Crippen LogP contribution in [0.3, 0.4) is 0 Å². The van der Waals surface area contributed by atoms with Gasteiger partial charge in [-0.25, -0.2) is 0 Å². The number of benzene rings is 1. The van der Waals surface area contributed by atoms with Gasteiger partial charge in [-0.15, -0.1) is 0 Å². The number of aromatic amines is 1. The fourth-order valence-corrected chi connectivity index (χ4v) is 3.43. The van der Waals surface area contributed by atoms with Gasteiger partial charge < -0.3 is 15.6 Å². The summed E-state index contributed by atoms with van der Waals surface area (Å²) >= 11 is 0. The number of aromatic nitrogens is 1. The molecular formula is C14H16N4. The van der Waals surface area contributed by atoms with Crippen molar-refractivity contribution in [2.24, 2.45) is 10.7 Å². The Bertz CT molecular complexity index is 655. The molecule has 0 bridgehead atoms. The third-order valence-electron chi connectivity index (χ3n) is 4.42. The molecule has 3 N–H and O–H groups in total. The lowest BCUT2D eigenvalue weighted by atomic mass is 9.79. The van der Waals surface area contributed by atoms with Crippen LogP contribution in [-0.2, 0) is 6.42 Å². The van der Waals surface area contributed by atoms with E-state index in [2.05, 4.69) is 39.3 Å². The minimum absolute atomic E-state index is 0.441. The molecule has 0 saturated carbocycles. The maximum Gasteiger partial charge on any atom is 0.191 e. The van der Waals surface area contributed by atoms with E-state index in [-0.39, 0.29) is 0 Å². The molecule has 2 heterocycles. The van der Waals surface area contributed by atoms with Crippen LogP contribution in [0.1, 0.15) is 17.0 Å². The third kappa shape index (κ3) is 1.12. The number of nitrogens with two attached hydrogens (primary N) is 1. The number of rotatable bonds is 0. The van der Waals surface area contributed by atoms with Gasteiger partial charge in [0.05, 0.1) is 6.54 Å². The van der Waals surface area contributed by atoms with Crippen LogP contribution >= 0.6 is 0 Å². The van der Waals surface area contributed by atoms with Gasteiger partial charge in [-0.3, -0.25) is 4.99 Å². The molecule has 4 nitrogen and oxygen atoms in total.